The van der Waals surface area contributed by atoms with Crippen LogP contribution in [0.3, 0.4) is 0 Å². The SMILES string of the molecule is Cn1nc(-c2ccc(NC(=O)Cc3ccccc3Cl)cc2S(N)(=O)=O)cc1C(C)(C)O. The zero-order valence-corrected chi connectivity index (χ0v) is 18.8. The van der Waals surface area contributed by atoms with Gasteiger partial charge in [0.2, 0.25) is 15.9 Å². The highest BCUT2D eigenvalue weighted by Crippen LogP contribution is 2.31. The zero-order chi connectivity index (χ0) is 23.0. The summed E-state index contributed by atoms with van der Waals surface area (Å²) in [5.41, 5.74) is 0.838. The highest BCUT2D eigenvalue weighted by atomic mass is 35.5. The van der Waals surface area contributed by atoms with Crippen LogP contribution >= 0.6 is 11.6 Å². The molecule has 0 aliphatic rings. The first-order valence-electron chi connectivity index (χ1n) is 9.33. The third kappa shape index (κ3) is 5.31. The maximum absolute atomic E-state index is 12.4. The van der Waals surface area contributed by atoms with Gasteiger partial charge in [-0.2, -0.15) is 5.10 Å². The van der Waals surface area contributed by atoms with E-state index in [0.717, 1.165) is 0 Å². The lowest BCUT2D eigenvalue weighted by Gasteiger charge is -2.16. The van der Waals surface area contributed by atoms with Gasteiger partial charge in [0.05, 0.1) is 22.7 Å². The van der Waals surface area contributed by atoms with E-state index in [9.17, 15) is 18.3 Å². The number of nitrogens with one attached hydrogen (secondary N) is 1. The largest absolute Gasteiger partial charge is 0.384 e. The van der Waals surface area contributed by atoms with Crippen LogP contribution in [-0.4, -0.2) is 29.2 Å². The van der Waals surface area contributed by atoms with E-state index < -0.39 is 15.6 Å². The molecular formula is C21H23ClN4O4S. The number of primary sulfonamides is 1. The highest BCUT2D eigenvalue weighted by molar-refractivity contribution is 7.89. The second-order valence-corrected chi connectivity index (χ2v) is 9.61. The van der Waals surface area contributed by atoms with E-state index in [-0.39, 0.29) is 28.5 Å². The average Bonchev–Trinajstić information content (AvgIpc) is 3.05. The van der Waals surface area contributed by atoms with Crippen LogP contribution < -0.4 is 10.5 Å². The predicted octanol–water partition coefficient (Wildman–Crippen LogP) is 2.80. The predicted molar refractivity (Wildman–Crippen MR) is 119 cm³/mol. The van der Waals surface area contributed by atoms with Gasteiger partial charge in [0.1, 0.15) is 5.60 Å². The van der Waals surface area contributed by atoms with Crippen LogP contribution in [0.5, 0.6) is 0 Å². The molecule has 4 N–H and O–H groups in total. The van der Waals surface area contributed by atoms with Crippen molar-refractivity contribution in [3.05, 3.63) is 64.8 Å². The minimum atomic E-state index is -4.13. The van der Waals surface area contributed by atoms with Crippen LogP contribution in [0, 0.1) is 0 Å². The Morgan fingerprint density at radius 2 is 1.90 bits per heavy atom. The van der Waals surface area contributed by atoms with Gasteiger partial charge < -0.3 is 10.4 Å². The molecule has 0 radical (unpaired) electrons. The Bertz CT molecular complexity index is 1250. The first kappa shape index (κ1) is 23.0. The van der Waals surface area contributed by atoms with Gasteiger partial charge in [0.25, 0.3) is 0 Å². The molecule has 2 aromatic carbocycles. The Labute approximate surface area is 185 Å². The van der Waals surface area contributed by atoms with Crippen molar-refractivity contribution >= 4 is 33.2 Å². The summed E-state index contributed by atoms with van der Waals surface area (Å²) < 4.78 is 26.0. The highest BCUT2D eigenvalue weighted by Gasteiger charge is 2.25. The van der Waals surface area contributed by atoms with Crippen LogP contribution in [0.1, 0.15) is 25.1 Å². The van der Waals surface area contributed by atoms with Crippen molar-refractivity contribution in [3.8, 4) is 11.3 Å². The van der Waals surface area contributed by atoms with Gasteiger partial charge in [-0.1, -0.05) is 29.8 Å². The number of benzene rings is 2. The van der Waals surface area contributed by atoms with Crippen molar-refractivity contribution in [2.45, 2.75) is 30.8 Å². The molecule has 1 amide bonds. The number of anilines is 1. The van der Waals surface area contributed by atoms with Gasteiger partial charge in [-0.05, 0) is 49.7 Å². The second-order valence-electron chi connectivity index (χ2n) is 7.67. The first-order chi connectivity index (χ1) is 14.4. The number of aromatic nitrogens is 2. The molecule has 8 nitrogen and oxygen atoms in total. The summed E-state index contributed by atoms with van der Waals surface area (Å²) in [7, 11) is -2.48. The summed E-state index contributed by atoms with van der Waals surface area (Å²) in [6.45, 7) is 3.21. The van der Waals surface area contributed by atoms with Crippen LogP contribution in [0.4, 0.5) is 5.69 Å². The number of carbonyl (C=O) groups excluding carboxylic acids is 1. The Morgan fingerprint density at radius 3 is 2.48 bits per heavy atom. The molecule has 1 heterocycles. The molecule has 0 bridgehead atoms. The number of halogens is 1. The molecule has 3 rings (SSSR count). The number of carbonyl (C=O) groups is 1. The lowest BCUT2D eigenvalue weighted by Crippen LogP contribution is -2.19. The normalized spacial score (nSPS) is 12.1. The molecular weight excluding hydrogens is 440 g/mol. The quantitative estimate of drug-likeness (QED) is 0.519. The van der Waals surface area contributed by atoms with Crippen molar-refractivity contribution in [3.63, 3.8) is 0 Å². The standard InChI is InChI=1S/C21H23ClN4O4S/c1-21(2,28)19-12-17(25-26(19)3)15-9-8-14(11-18(15)31(23,29)30)24-20(27)10-13-6-4-5-7-16(13)22/h4-9,11-12,28H,10H2,1-3H3,(H,24,27)(H2,23,29,30). The number of amides is 1. The van der Waals surface area contributed by atoms with E-state index in [1.807, 2.05) is 0 Å². The minimum absolute atomic E-state index is 0.0291. The van der Waals surface area contributed by atoms with Crippen LogP contribution in [0.2, 0.25) is 5.02 Å². The number of hydrogen-bond donors (Lipinski definition) is 3. The van der Waals surface area contributed by atoms with Crippen molar-refractivity contribution in [2.24, 2.45) is 12.2 Å². The third-order valence-corrected chi connectivity index (χ3v) is 5.98. The zero-order valence-electron chi connectivity index (χ0n) is 17.3. The van der Waals surface area contributed by atoms with Gasteiger partial charge in [-0.15, -0.1) is 0 Å². The van der Waals surface area contributed by atoms with Crippen molar-refractivity contribution in [2.75, 3.05) is 5.32 Å². The number of sulfonamides is 1. The fourth-order valence-electron chi connectivity index (χ4n) is 3.24. The van der Waals surface area contributed by atoms with Gasteiger partial charge in [0.15, 0.2) is 0 Å². The molecule has 0 unspecified atom stereocenters. The second kappa shape index (κ2) is 8.43. The molecule has 1 aromatic heterocycles. The molecule has 164 valence electrons. The van der Waals surface area contributed by atoms with E-state index in [2.05, 4.69) is 10.4 Å². The van der Waals surface area contributed by atoms with Crippen molar-refractivity contribution in [1.29, 1.82) is 0 Å². The maximum atomic E-state index is 12.4. The molecule has 3 aromatic rings. The third-order valence-electron chi connectivity index (χ3n) is 4.66. The molecule has 0 aliphatic carbocycles. The number of hydrogen-bond acceptors (Lipinski definition) is 5. The Balaban J connectivity index is 1.95. The summed E-state index contributed by atoms with van der Waals surface area (Å²) in [4.78, 5) is 12.2. The molecule has 0 saturated heterocycles. The summed E-state index contributed by atoms with van der Waals surface area (Å²) >= 11 is 6.09. The molecule has 0 fully saturated rings. The van der Waals surface area contributed by atoms with Gasteiger partial charge in [0, 0.05) is 23.3 Å². The maximum Gasteiger partial charge on any atom is 0.238 e. The lowest BCUT2D eigenvalue weighted by molar-refractivity contribution is -0.115. The van der Waals surface area contributed by atoms with Crippen molar-refractivity contribution < 1.29 is 18.3 Å². The smallest absolute Gasteiger partial charge is 0.238 e. The molecule has 0 atom stereocenters. The Kier molecular flexibility index (Phi) is 6.24. The Hall–Kier alpha value is -2.72. The summed E-state index contributed by atoms with van der Waals surface area (Å²) in [6, 6.07) is 12.9. The van der Waals surface area contributed by atoms with Gasteiger partial charge in [-0.3, -0.25) is 9.48 Å². The summed E-state index contributed by atoms with van der Waals surface area (Å²) in [6.07, 6.45) is 0.0291. The van der Waals surface area contributed by atoms with Gasteiger partial charge >= 0.3 is 0 Å². The molecule has 0 spiro atoms. The molecule has 0 saturated carbocycles. The lowest BCUT2D eigenvalue weighted by atomic mass is 10.0. The minimum Gasteiger partial charge on any atom is -0.384 e. The molecule has 0 aliphatic heterocycles. The monoisotopic (exact) mass is 462 g/mol. The first-order valence-corrected chi connectivity index (χ1v) is 11.3. The fourth-order valence-corrected chi connectivity index (χ4v) is 4.21. The fraction of sp³-hybridized carbons (Fsp3) is 0.238. The number of rotatable bonds is 6. The van der Waals surface area contributed by atoms with Crippen LogP contribution in [-0.2, 0) is 33.9 Å². The van der Waals surface area contributed by atoms with Crippen LogP contribution in [0.25, 0.3) is 11.3 Å². The number of nitrogens with zero attached hydrogens (tertiary/aromatic N) is 2. The Morgan fingerprint density at radius 1 is 1.23 bits per heavy atom. The van der Waals surface area contributed by atoms with E-state index in [4.69, 9.17) is 16.7 Å². The van der Waals surface area contributed by atoms with Crippen LogP contribution in [0.15, 0.2) is 53.4 Å². The van der Waals surface area contributed by atoms with E-state index >= 15 is 0 Å². The van der Waals surface area contributed by atoms with E-state index in [1.165, 1.54) is 16.8 Å². The van der Waals surface area contributed by atoms with E-state index in [0.29, 0.717) is 22.0 Å². The molecule has 31 heavy (non-hydrogen) atoms. The number of aliphatic hydroxyl groups is 1. The van der Waals surface area contributed by atoms with Gasteiger partial charge in [-0.25, -0.2) is 13.6 Å². The average molecular weight is 463 g/mol. The number of nitrogens with two attached hydrogens (primary N) is 1. The summed E-state index contributed by atoms with van der Waals surface area (Å²) in [5.74, 6) is -0.358. The topological polar surface area (TPSA) is 127 Å². The van der Waals surface area contributed by atoms with E-state index in [1.54, 1.807) is 57.3 Å². The summed E-state index contributed by atoms with van der Waals surface area (Å²) in [5, 5.41) is 23.2. The number of aryl methyl sites for hydroxylation is 1. The molecule has 10 heteroatoms. The van der Waals surface area contributed by atoms with Crippen molar-refractivity contribution in [1.82, 2.24) is 9.78 Å².